The van der Waals surface area contributed by atoms with Crippen molar-refractivity contribution in [2.75, 3.05) is 13.2 Å². The second kappa shape index (κ2) is 72.1. The molecule has 0 bridgehead atoms. The first-order valence-electron chi connectivity index (χ1n) is 37.9. The Morgan fingerprint density at radius 3 is 0.866 bits per heavy atom. The van der Waals surface area contributed by atoms with Crippen molar-refractivity contribution in [1.82, 2.24) is 5.32 Å². The number of carbonyl (C=O) groups is 2. The summed E-state index contributed by atoms with van der Waals surface area (Å²) in [5, 5.41) is 23.4. The van der Waals surface area contributed by atoms with Crippen LogP contribution in [0.25, 0.3) is 0 Å². The van der Waals surface area contributed by atoms with Gasteiger partial charge in [-0.3, -0.25) is 9.59 Å². The van der Waals surface area contributed by atoms with Gasteiger partial charge in [-0.15, -0.1) is 0 Å². The Kier molecular flexibility index (Phi) is 70.8. The van der Waals surface area contributed by atoms with Gasteiger partial charge in [0.15, 0.2) is 0 Å². The molecule has 0 aliphatic rings. The van der Waals surface area contributed by atoms with Crippen LogP contribution in [-0.2, 0) is 14.3 Å². The molecule has 0 radical (unpaired) electrons. The molecule has 0 aromatic carbocycles. The maximum atomic E-state index is 12.6. The van der Waals surface area contributed by atoms with Crippen LogP contribution in [0.15, 0.2) is 12.2 Å². The topological polar surface area (TPSA) is 95.9 Å². The summed E-state index contributed by atoms with van der Waals surface area (Å²) in [6.45, 7) is 5.01. The normalized spacial score (nSPS) is 12.5. The van der Waals surface area contributed by atoms with Crippen molar-refractivity contribution in [3.8, 4) is 0 Å². The molecule has 0 saturated heterocycles. The average Bonchev–Trinajstić information content (AvgIpc) is 3.48. The van der Waals surface area contributed by atoms with Gasteiger partial charge in [0.2, 0.25) is 5.91 Å². The minimum Gasteiger partial charge on any atom is -0.466 e. The molecular formula is C76H149NO5. The number of rotatable bonds is 72. The Labute approximate surface area is 514 Å². The molecule has 2 atom stereocenters. The van der Waals surface area contributed by atoms with E-state index >= 15 is 0 Å². The predicted octanol–water partition coefficient (Wildman–Crippen LogP) is 24.7. The summed E-state index contributed by atoms with van der Waals surface area (Å²) in [4.78, 5) is 24.7. The lowest BCUT2D eigenvalue weighted by atomic mass is 10.0. The fourth-order valence-electron chi connectivity index (χ4n) is 12.3. The minimum atomic E-state index is -0.669. The van der Waals surface area contributed by atoms with Crippen LogP contribution in [-0.4, -0.2) is 47.4 Å². The van der Waals surface area contributed by atoms with Crippen molar-refractivity contribution < 1.29 is 24.5 Å². The lowest BCUT2D eigenvalue weighted by Gasteiger charge is -2.22. The van der Waals surface area contributed by atoms with E-state index < -0.39 is 12.1 Å². The summed E-state index contributed by atoms with van der Waals surface area (Å²) in [7, 11) is 0. The Hall–Kier alpha value is -1.40. The van der Waals surface area contributed by atoms with Crippen molar-refractivity contribution in [3.05, 3.63) is 12.2 Å². The van der Waals surface area contributed by atoms with E-state index in [0.29, 0.717) is 25.9 Å². The van der Waals surface area contributed by atoms with Crippen molar-refractivity contribution in [3.63, 3.8) is 0 Å². The molecule has 488 valence electrons. The molecule has 0 spiro atoms. The number of nitrogens with one attached hydrogen (secondary N) is 1. The molecule has 0 saturated carbocycles. The summed E-state index contributed by atoms with van der Waals surface area (Å²) in [6.07, 6.45) is 89.9. The number of esters is 1. The molecule has 2 unspecified atom stereocenters. The molecule has 0 aliphatic carbocycles. The molecule has 82 heavy (non-hydrogen) atoms. The molecular weight excluding hydrogens is 1010 g/mol. The van der Waals surface area contributed by atoms with E-state index in [1.807, 2.05) is 0 Å². The third kappa shape index (κ3) is 67.7. The zero-order valence-electron chi connectivity index (χ0n) is 56.0. The highest BCUT2D eigenvalue weighted by Crippen LogP contribution is 2.20. The lowest BCUT2D eigenvalue weighted by molar-refractivity contribution is -0.143. The number of amides is 1. The molecule has 0 rings (SSSR count). The Balaban J connectivity index is 3.38. The van der Waals surface area contributed by atoms with Crippen LogP contribution >= 0.6 is 0 Å². The SMILES string of the molecule is CCCCCCCCCCCCCCCCCCCCCCCCCC(O)C(CO)NC(=O)CCCCCCCCC/C=C\CCCCCCCCCCCCCCOC(=O)CCCCCCCCCCCCCCCCCCCCC. The Morgan fingerprint density at radius 1 is 0.329 bits per heavy atom. The summed E-state index contributed by atoms with van der Waals surface area (Å²) in [5.41, 5.74) is 0. The summed E-state index contributed by atoms with van der Waals surface area (Å²) >= 11 is 0. The van der Waals surface area contributed by atoms with Crippen LogP contribution in [0.4, 0.5) is 0 Å². The third-order valence-corrected chi connectivity index (χ3v) is 18.1. The fraction of sp³-hybridized carbons (Fsp3) is 0.947. The van der Waals surface area contributed by atoms with Crippen LogP contribution in [0.5, 0.6) is 0 Å². The van der Waals surface area contributed by atoms with Crippen molar-refractivity contribution in [2.24, 2.45) is 0 Å². The average molecular weight is 1160 g/mol. The predicted molar refractivity (Wildman–Crippen MR) is 361 cm³/mol. The maximum absolute atomic E-state index is 12.6. The number of aliphatic hydroxyl groups excluding tert-OH is 2. The molecule has 1 amide bonds. The van der Waals surface area contributed by atoms with E-state index in [2.05, 4.69) is 31.3 Å². The highest BCUT2D eigenvalue weighted by atomic mass is 16.5. The number of allylic oxidation sites excluding steroid dienone is 2. The van der Waals surface area contributed by atoms with Crippen LogP contribution in [0, 0.1) is 0 Å². The Morgan fingerprint density at radius 2 is 0.573 bits per heavy atom. The van der Waals surface area contributed by atoms with Crippen LogP contribution in [0.1, 0.15) is 438 Å². The molecule has 0 aromatic rings. The molecule has 6 nitrogen and oxygen atoms in total. The van der Waals surface area contributed by atoms with Gasteiger partial charge in [-0.2, -0.15) is 0 Å². The number of unbranched alkanes of at least 4 members (excludes halogenated alkanes) is 59. The number of carbonyl (C=O) groups excluding carboxylic acids is 2. The third-order valence-electron chi connectivity index (χ3n) is 18.1. The van der Waals surface area contributed by atoms with Gasteiger partial charge in [0.1, 0.15) is 0 Å². The smallest absolute Gasteiger partial charge is 0.305 e. The van der Waals surface area contributed by atoms with Gasteiger partial charge in [0, 0.05) is 12.8 Å². The fourth-order valence-corrected chi connectivity index (χ4v) is 12.3. The molecule has 0 fully saturated rings. The highest BCUT2D eigenvalue weighted by molar-refractivity contribution is 5.76. The Bertz CT molecular complexity index is 1240. The van der Waals surface area contributed by atoms with Gasteiger partial charge in [0.05, 0.1) is 25.4 Å². The number of aliphatic hydroxyl groups is 2. The maximum Gasteiger partial charge on any atom is 0.305 e. The van der Waals surface area contributed by atoms with Crippen LogP contribution < -0.4 is 5.32 Å². The van der Waals surface area contributed by atoms with Gasteiger partial charge in [-0.05, 0) is 51.4 Å². The number of ether oxygens (including phenoxy) is 1. The molecule has 3 N–H and O–H groups in total. The first-order chi connectivity index (χ1) is 40.5. The van der Waals surface area contributed by atoms with Gasteiger partial charge < -0.3 is 20.3 Å². The van der Waals surface area contributed by atoms with E-state index in [9.17, 15) is 19.8 Å². The summed E-state index contributed by atoms with van der Waals surface area (Å²) in [5.74, 6) is -0.0179. The van der Waals surface area contributed by atoms with E-state index in [1.54, 1.807) is 0 Å². The molecule has 0 aliphatic heterocycles. The van der Waals surface area contributed by atoms with Gasteiger partial charge >= 0.3 is 5.97 Å². The second-order valence-corrected chi connectivity index (χ2v) is 26.3. The molecule has 6 heteroatoms. The summed E-state index contributed by atoms with van der Waals surface area (Å²) < 4.78 is 5.51. The monoisotopic (exact) mass is 1160 g/mol. The summed E-state index contributed by atoms with van der Waals surface area (Å²) in [6, 6.07) is -0.547. The van der Waals surface area contributed by atoms with E-state index in [4.69, 9.17) is 4.74 Å². The van der Waals surface area contributed by atoms with Gasteiger partial charge in [-0.25, -0.2) is 0 Å². The first-order valence-corrected chi connectivity index (χ1v) is 37.9. The zero-order valence-corrected chi connectivity index (χ0v) is 56.0. The molecule has 0 aromatic heterocycles. The number of hydrogen-bond donors (Lipinski definition) is 3. The minimum absolute atomic E-state index is 0.0178. The lowest BCUT2D eigenvalue weighted by Crippen LogP contribution is -2.45. The van der Waals surface area contributed by atoms with Gasteiger partial charge in [0.25, 0.3) is 0 Å². The van der Waals surface area contributed by atoms with E-state index in [1.165, 1.54) is 366 Å². The highest BCUT2D eigenvalue weighted by Gasteiger charge is 2.20. The van der Waals surface area contributed by atoms with Crippen LogP contribution in [0.3, 0.4) is 0 Å². The van der Waals surface area contributed by atoms with Gasteiger partial charge in [-0.1, -0.05) is 386 Å². The van der Waals surface area contributed by atoms with Crippen molar-refractivity contribution in [1.29, 1.82) is 0 Å². The van der Waals surface area contributed by atoms with Crippen molar-refractivity contribution >= 4 is 11.9 Å². The van der Waals surface area contributed by atoms with E-state index in [-0.39, 0.29) is 18.5 Å². The zero-order chi connectivity index (χ0) is 59.2. The van der Waals surface area contributed by atoms with Crippen LogP contribution in [0.2, 0.25) is 0 Å². The van der Waals surface area contributed by atoms with E-state index in [0.717, 1.165) is 38.5 Å². The largest absolute Gasteiger partial charge is 0.466 e. The van der Waals surface area contributed by atoms with Crippen molar-refractivity contribution in [2.45, 2.75) is 450 Å². The molecule has 0 heterocycles. The quantitative estimate of drug-likeness (QED) is 0.0320. The standard InChI is InChI=1S/C76H149NO5/c1-3-5-7-9-11-13-15-17-19-21-23-24-26-29-33-36-40-44-48-52-56-60-64-68-74(79)73(72-78)77-75(80)69-65-61-57-53-49-45-41-37-34-30-27-25-28-31-35-39-43-47-51-55-59-63-67-71-82-76(81)70-66-62-58-54-50-46-42-38-32-22-20-18-16-14-12-10-8-6-4-2/h30,34,73-74,78-79H,3-29,31-33,35-72H2,1-2H3,(H,77,80)/b34-30-. The second-order valence-electron chi connectivity index (χ2n) is 26.3. The number of hydrogen-bond acceptors (Lipinski definition) is 5. The first kappa shape index (κ1) is 80.6.